The minimum absolute atomic E-state index is 0.436. The first-order chi connectivity index (χ1) is 13.7. The van der Waals surface area contributed by atoms with Crippen LogP contribution >= 0.6 is 0 Å². The minimum atomic E-state index is -0.839. The monoisotopic (exact) mass is 367 g/mol. The van der Waals surface area contributed by atoms with Crippen LogP contribution in [-0.2, 0) is 6.42 Å². The molecule has 1 saturated carbocycles. The summed E-state index contributed by atoms with van der Waals surface area (Å²) in [5.41, 5.74) is 5.88. The number of benzene rings is 3. The van der Waals surface area contributed by atoms with Gasteiger partial charge in [-0.05, 0) is 78.3 Å². The number of fused-ring (bicyclic) bond motifs is 1. The lowest BCUT2D eigenvalue weighted by molar-refractivity contribution is 0.0695. The van der Waals surface area contributed by atoms with Gasteiger partial charge in [-0.25, -0.2) is 4.79 Å². The quantitative estimate of drug-likeness (QED) is 0.484. The molecule has 1 aliphatic carbocycles. The molecule has 3 aromatic carbocycles. The molecule has 1 heterocycles. The van der Waals surface area contributed by atoms with Crippen molar-refractivity contribution in [1.82, 2.24) is 4.57 Å². The average molecular weight is 367 g/mol. The Labute approximate surface area is 163 Å². The fourth-order valence-electron chi connectivity index (χ4n) is 3.95. The second-order valence-corrected chi connectivity index (χ2v) is 7.59. The number of hydrogen-bond acceptors (Lipinski definition) is 1. The van der Waals surface area contributed by atoms with Crippen LogP contribution in [0.25, 0.3) is 16.6 Å². The molecular formula is C25H21NO2. The highest BCUT2D eigenvalue weighted by molar-refractivity contribution is 5.90. The number of para-hydroxylation sites is 1. The Balaban J connectivity index is 1.48. The van der Waals surface area contributed by atoms with E-state index >= 15 is 0 Å². The van der Waals surface area contributed by atoms with Gasteiger partial charge in [-0.3, -0.25) is 0 Å². The first-order valence-corrected chi connectivity index (χ1v) is 9.70. The first-order valence-electron chi connectivity index (χ1n) is 9.70. The Kier molecular flexibility index (Phi) is 4.01. The van der Waals surface area contributed by atoms with E-state index in [9.17, 15) is 9.90 Å². The van der Waals surface area contributed by atoms with Crippen molar-refractivity contribution < 1.29 is 9.90 Å². The van der Waals surface area contributed by atoms with Crippen molar-refractivity contribution in [2.24, 2.45) is 0 Å². The van der Waals surface area contributed by atoms with Crippen molar-refractivity contribution in [3.8, 4) is 5.69 Å². The largest absolute Gasteiger partial charge is 0.478 e. The van der Waals surface area contributed by atoms with E-state index in [0.717, 1.165) is 33.3 Å². The van der Waals surface area contributed by atoms with E-state index in [4.69, 9.17) is 0 Å². The van der Waals surface area contributed by atoms with Crippen molar-refractivity contribution in [3.63, 3.8) is 0 Å². The number of hydrogen-bond donors (Lipinski definition) is 1. The second-order valence-electron chi connectivity index (χ2n) is 7.59. The van der Waals surface area contributed by atoms with Crippen LogP contribution in [0.1, 0.15) is 45.8 Å². The molecule has 1 N–H and O–H groups in total. The lowest BCUT2D eigenvalue weighted by atomic mass is 9.96. The van der Waals surface area contributed by atoms with Crippen LogP contribution in [0.5, 0.6) is 0 Å². The van der Waals surface area contributed by atoms with E-state index in [2.05, 4.69) is 53.2 Å². The fourth-order valence-corrected chi connectivity index (χ4v) is 3.95. The fraction of sp³-hybridized carbons (Fsp3) is 0.160. The van der Waals surface area contributed by atoms with Gasteiger partial charge in [0.2, 0.25) is 0 Å². The molecule has 3 nitrogen and oxygen atoms in total. The average Bonchev–Trinajstić information content (AvgIpc) is 3.48. The van der Waals surface area contributed by atoms with Gasteiger partial charge in [0.05, 0.1) is 11.1 Å². The van der Waals surface area contributed by atoms with Crippen molar-refractivity contribution >= 4 is 16.9 Å². The summed E-state index contributed by atoms with van der Waals surface area (Å²) in [6.07, 6.45) is 5.05. The number of carboxylic acids is 1. The normalized spacial score (nSPS) is 13.7. The molecule has 0 saturated heterocycles. The number of nitrogens with zero attached hydrogens (tertiary/aromatic N) is 1. The summed E-state index contributed by atoms with van der Waals surface area (Å²) in [7, 11) is 0. The van der Waals surface area contributed by atoms with Crippen molar-refractivity contribution in [1.29, 1.82) is 0 Å². The standard InChI is InChI=1S/C25H21NO2/c27-25(28)23-16-19(18-7-8-18)9-10-20(23)14-17-6-11-24-21(15-17)12-13-26(24)22-4-2-1-3-5-22/h1-6,9-13,15-16,18H,7-8,14H2,(H,27,28). The maximum absolute atomic E-state index is 11.8. The van der Waals surface area contributed by atoms with E-state index in [-0.39, 0.29) is 0 Å². The summed E-state index contributed by atoms with van der Waals surface area (Å²) < 4.78 is 2.17. The number of aromatic nitrogens is 1. The smallest absolute Gasteiger partial charge is 0.335 e. The van der Waals surface area contributed by atoms with Gasteiger partial charge in [0, 0.05) is 17.3 Å². The Morgan fingerprint density at radius 3 is 2.54 bits per heavy atom. The van der Waals surface area contributed by atoms with Gasteiger partial charge in [-0.2, -0.15) is 0 Å². The lowest BCUT2D eigenvalue weighted by Gasteiger charge is -2.10. The molecular weight excluding hydrogens is 346 g/mol. The van der Waals surface area contributed by atoms with Gasteiger partial charge in [0.1, 0.15) is 0 Å². The Morgan fingerprint density at radius 2 is 1.79 bits per heavy atom. The minimum Gasteiger partial charge on any atom is -0.478 e. The SMILES string of the molecule is O=C(O)c1cc(C2CC2)ccc1Cc1ccc2c(ccn2-c2ccccc2)c1. The van der Waals surface area contributed by atoms with Gasteiger partial charge in [-0.1, -0.05) is 36.4 Å². The van der Waals surface area contributed by atoms with Crippen LogP contribution in [0.3, 0.4) is 0 Å². The number of carbonyl (C=O) groups is 1. The third kappa shape index (κ3) is 3.09. The summed E-state index contributed by atoms with van der Waals surface area (Å²) >= 11 is 0. The molecule has 0 bridgehead atoms. The first kappa shape index (κ1) is 16.8. The summed E-state index contributed by atoms with van der Waals surface area (Å²) in [5.74, 6) is -0.282. The Hall–Kier alpha value is -3.33. The molecule has 1 fully saturated rings. The van der Waals surface area contributed by atoms with Crippen LogP contribution in [-0.4, -0.2) is 15.6 Å². The van der Waals surface area contributed by atoms with Gasteiger partial charge in [0.15, 0.2) is 0 Å². The van der Waals surface area contributed by atoms with E-state index < -0.39 is 5.97 Å². The molecule has 0 unspecified atom stereocenters. The third-order valence-electron chi connectivity index (χ3n) is 5.60. The summed E-state index contributed by atoms with van der Waals surface area (Å²) in [5, 5.41) is 10.8. The summed E-state index contributed by atoms with van der Waals surface area (Å²) in [4.78, 5) is 11.8. The van der Waals surface area contributed by atoms with Crippen LogP contribution in [0, 0.1) is 0 Å². The van der Waals surface area contributed by atoms with Gasteiger partial charge >= 0.3 is 5.97 Å². The molecule has 0 atom stereocenters. The number of carboxylic acid groups (broad SMARTS) is 1. The highest BCUT2D eigenvalue weighted by Crippen LogP contribution is 2.40. The zero-order chi connectivity index (χ0) is 19.1. The van der Waals surface area contributed by atoms with Crippen LogP contribution in [0.15, 0.2) is 79.0 Å². The predicted molar refractivity (Wildman–Crippen MR) is 111 cm³/mol. The highest BCUT2D eigenvalue weighted by Gasteiger charge is 2.25. The molecule has 5 rings (SSSR count). The van der Waals surface area contributed by atoms with E-state index in [1.165, 1.54) is 12.8 Å². The van der Waals surface area contributed by atoms with Crippen molar-refractivity contribution in [3.05, 3.63) is 101 Å². The molecule has 0 aliphatic heterocycles. The molecule has 0 radical (unpaired) electrons. The molecule has 4 aromatic rings. The molecule has 28 heavy (non-hydrogen) atoms. The maximum atomic E-state index is 11.8. The van der Waals surface area contributed by atoms with E-state index in [0.29, 0.717) is 17.9 Å². The van der Waals surface area contributed by atoms with Gasteiger partial charge in [-0.15, -0.1) is 0 Å². The van der Waals surface area contributed by atoms with Crippen LogP contribution < -0.4 is 0 Å². The number of rotatable bonds is 5. The van der Waals surface area contributed by atoms with E-state index in [1.807, 2.05) is 30.3 Å². The van der Waals surface area contributed by atoms with Gasteiger partial charge < -0.3 is 9.67 Å². The zero-order valence-electron chi connectivity index (χ0n) is 15.5. The molecule has 3 heteroatoms. The Bertz CT molecular complexity index is 1170. The summed E-state index contributed by atoms with van der Waals surface area (Å²) in [6.45, 7) is 0. The number of aromatic carboxylic acids is 1. The molecule has 0 spiro atoms. The molecule has 1 aliphatic rings. The molecule has 138 valence electrons. The molecule has 1 aromatic heterocycles. The predicted octanol–water partition coefficient (Wildman–Crippen LogP) is 5.80. The van der Waals surface area contributed by atoms with E-state index in [1.54, 1.807) is 0 Å². The van der Waals surface area contributed by atoms with Crippen LogP contribution in [0.4, 0.5) is 0 Å². The zero-order valence-corrected chi connectivity index (χ0v) is 15.5. The van der Waals surface area contributed by atoms with Crippen molar-refractivity contribution in [2.75, 3.05) is 0 Å². The second kappa shape index (κ2) is 6.68. The summed E-state index contributed by atoms with van der Waals surface area (Å²) in [6, 6.07) is 24.7. The maximum Gasteiger partial charge on any atom is 0.335 e. The topological polar surface area (TPSA) is 42.2 Å². The Morgan fingerprint density at radius 1 is 0.964 bits per heavy atom. The molecule has 0 amide bonds. The third-order valence-corrected chi connectivity index (χ3v) is 5.60. The highest BCUT2D eigenvalue weighted by atomic mass is 16.4. The van der Waals surface area contributed by atoms with Crippen LogP contribution in [0.2, 0.25) is 0 Å². The van der Waals surface area contributed by atoms with Gasteiger partial charge in [0.25, 0.3) is 0 Å². The lowest BCUT2D eigenvalue weighted by Crippen LogP contribution is -2.04. The van der Waals surface area contributed by atoms with Crippen molar-refractivity contribution in [2.45, 2.75) is 25.2 Å².